The molecule has 0 aromatic carbocycles. The second-order valence-electron chi connectivity index (χ2n) is 5.41. The molecule has 0 radical (unpaired) electrons. The number of amides is 1. The van der Waals surface area contributed by atoms with Gasteiger partial charge in [0, 0.05) is 12.6 Å². The highest BCUT2D eigenvalue weighted by Crippen LogP contribution is 2.36. The molecule has 1 aliphatic heterocycles. The second kappa shape index (κ2) is 4.74. The van der Waals surface area contributed by atoms with Gasteiger partial charge in [-0.25, -0.2) is 0 Å². The van der Waals surface area contributed by atoms with E-state index in [1.54, 1.807) is 0 Å². The van der Waals surface area contributed by atoms with E-state index in [0.29, 0.717) is 17.9 Å². The molecule has 1 N–H and O–H groups in total. The quantitative estimate of drug-likeness (QED) is 0.790. The predicted octanol–water partition coefficient (Wildman–Crippen LogP) is 1.63. The van der Waals surface area contributed by atoms with Crippen LogP contribution in [0.1, 0.15) is 40.0 Å². The van der Waals surface area contributed by atoms with Crippen LogP contribution in [-0.4, -0.2) is 36.0 Å². The first kappa shape index (κ1) is 11.9. The van der Waals surface area contributed by atoms with E-state index in [-0.39, 0.29) is 6.04 Å². The first-order valence-electron chi connectivity index (χ1n) is 6.69. The van der Waals surface area contributed by atoms with Gasteiger partial charge in [-0.3, -0.25) is 4.79 Å². The van der Waals surface area contributed by atoms with Crippen molar-refractivity contribution in [1.82, 2.24) is 10.2 Å². The van der Waals surface area contributed by atoms with E-state index in [4.69, 9.17) is 0 Å². The topological polar surface area (TPSA) is 32.3 Å². The zero-order valence-corrected chi connectivity index (χ0v) is 10.7. The van der Waals surface area contributed by atoms with E-state index >= 15 is 0 Å². The molecule has 3 nitrogen and oxygen atoms in total. The highest BCUT2D eigenvalue weighted by molar-refractivity contribution is 5.84. The van der Waals surface area contributed by atoms with E-state index in [2.05, 4.69) is 31.0 Å². The number of hydrogen-bond acceptors (Lipinski definition) is 2. The Morgan fingerprint density at radius 3 is 2.62 bits per heavy atom. The fraction of sp³-hybridized carbons (Fsp3) is 0.923. The molecule has 2 rings (SSSR count). The molecule has 16 heavy (non-hydrogen) atoms. The van der Waals surface area contributed by atoms with Gasteiger partial charge in [0.05, 0.1) is 6.04 Å². The fourth-order valence-electron chi connectivity index (χ4n) is 3.25. The molecule has 2 fully saturated rings. The van der Waals surface area contributed by atoms with Crippen LogP contribution >= 0.6 is 0 Å². The standard InChI is InChI=1S/C13H24N2O/c1-4-14-11-7-8-15(13(11)16)12-6-5-9(2)10(12)3/h9-12,14H,4-8H2,1-3H3. The van der Waals surface area contributed by atoms with Crippen LogP contribution in [0.5, 0.6) is 0 Å². The number of hydrogen-bond donors (Lipinski definition) is 1. The minimum Gasteiger partial charge on any atom is -0.338 e. The van der Waals surface area contributed by atoms with Crippen molar-refractivity contribution >= 4 is 5.91 Å². The van der Waals surface area contributed by atoms with Gasteiger partial charge in [-0.15, -0.1) is 0 Å². The van der Waals surface area contributed by atoms with Crippen LogP contribution in [0.2, 0.25) is 0 Å². The molecule has 0 spiro atoms. The molecule has 4 atom stereocenters. The maximum absolute atomic E-state index is 12.2. The highest BCUT2D eigenvalue weighted by atomic mass is 16.2. The third-order valence-corrected chi connectivity index (χ3v) is 4.51. The predicted molar refractivity (Wildman–Crippen MR) is 65.1 cm³/mol. The number of likely N-dealkylation sites (tertiary alicyclic amines) is 1. The molecule has 4 unspecified atom stereocenters. The van der Waals surface area contributed by atoms with Crippen molar-refractivity contribution in [2.45, 2.75) is 52.1 Å². The van der Waals surface area contributed by atoms with E-state index in [9.17, 15) is 4.79 Å². The fourth-order valence-corrected chi connectivity index (χ4v) is 3.25. The molecule has 0 bridgehead atoms. The Labute approximate surface area is 98.6 Å². The van der Waals surface area contributed by atoms with Crippen LogP contribution in [0.3, 0.4) is 0 Å². The number of likely N-dealkylation sites (N-methyl/N-ethyl adjacent to an activating group) is 1. The second-order valence-corrected chi connectivity index (χ2v) is 5.41. The highest BCUT2D eigenvalue weighted by Gasteiger charge is 2.41. The molecule has 92 valence electrons. The van der Waals surface area contributed by atoms with E-state index in [1.807, 2.05) is 0 Å². The Morgan fingerprint density at radius 1 is 1.31 bits per heavy atom. The van der Waals surface area contributed by atoms with Crippen molar-refractivity contribution in [3.8, 4) is 0 Å². The Morgan fingerprint density at radius 2 is 2.06 bits per heavy atom. The molecule has 1 aliphatic carbocycles. The molecule has 1 saturated carbocycles. The zero-order chi connectivity index (χ0) is 11.7. The summed E-state index contributed by atoms with van der Waals surface area (Å²) in [5.41, 5.74) is 0. The summed E-state index contributed by atoms with van der Waals surface area (Å²) >= 11 is 0. The van der Waals surface area contributed by atoms with Gasteiger partial charge in [0.2, 0.25) is 5.91 Å². The van der Waals surface area contributed by atoms with Gasteiger partial charge in [0.15, 0.2) is 0 Å². The Balaban J connectivity index is 1.99. The molecular formula is C13H24N2O. The third-order valence-electron chi connectivity index (χ3n) is 4.51. The van der Waals surface area contributed by atoms with Gasteiger partial charge in [-0.2, -0.15) is 0 Å². The minimum atomic E-state index is 0.0908. The third kappa shape index (κ3) is 1.97. The Hall–Kier alpha value is -0.570. The summed E-state index contributed by atoms with van der Waals surface area (Å²) in [5.74, 6) is 1.79. The van der Waals surface area contributed by atoms with Crippen molar-refractivity contribution in [3.63, 3.8) is 0 Å². The normalized spacial score (nSPS) is 39.7. The summed E-state index contributed by atoms with van der Waals surface area (Å²) in [4.78, 5) is 14.3. The molecule has 2 aliphatic rings. The molecule has 0 aromatic heterocycles. The van der Waals surface area contributed by atoms with Gasteiger partial charge in [-0.05, 0) is 37.6 Å². The number of rotatable bonds is 3. The van der Waals surface area contributed by atoms with Crippen LogP contribution < -0.4 is 5.32 Å². The van der Waals surface area contributed by atoms with E-state index in [1.165, 1.54) is 12.8 Å². The monoisotopic (exact) mass is 224 g/mol. The van der Waals surface area contributed by atoms with Gasteiger partial charge >= 0.3 is 0 Å². The van der Waals surface area contributed by atoms with Gasteiger partial charge < -0.3 is 10.2 Å². The molecule has 1 heterocycles. The van der Waals surface area contributed by atoms with Crippen LogP contribution in [0.15, 0.2) is 0 Å². The lowest BCUT2D eigenvalue weighted by molar-refractivity contribution is -0.132. The average molecular weight is 224 g/mol. The first-order chi connectivity index (χ1) is 7.65. The van der Waals surface area contributed by atoms with E-state index < -0.39 is 0 Å². The van der Waals surface area contributed by atoms with Crippen molar-refractivity contribution in [2.24, 2.45) is 11.8 Å². The van der Waals surface area contributed by atoms with Crippen molar-refractivity contribution in [1.29, 1.82) is 0 Å². The van der Waals surface area contributed by atoms with Crippen LogP contribution in [0.4, 0.5) is 0 Å². The SMILES string of the molecule is CCNC1CCN(C2CCC(C)C2C)C1=O. The van der Waals surface area contributed by atoms with Crippen LogP contribution in [-0.2, 0) is 4.79 Å². The average Bonchev–Trinajstić information content (AvgIpc) is 2.76. The molecule has 0 aromatic rings. The van der Waals surface area contributed by atoms with Crippen LogP contribution in [0.25, 0.3) is 0 Å². The summed E-state index contributed by atoms with van der Waals surface area (Å²) in [7, 11) is 0. The lowest BCUT2D eigenvalue weighted by Gasteiger charge is -2.29. The van der Waals surface area contributed by atoms with Crippen molar-refractivity contribution in [3.05, 3.63) is 0 Å². The molecule has 1 amide bonds. The minimum absolute atomic E-state index is 0.0908. The van der Waals surface area contributed by atoms with Crippen molar-refractivity contribution in [2.75, 3.05) is 13.1 Å². The van der Waals surface area contributed by atoms with Gasteiger partial charge in [-0.1, -0.05) is 20.8 Å². The number of carbonyl (C=O) groups excluding carboxylic acids is 1. The van der Waals surface area contributed by atoms with E-state index in [0.717, 1.165) is 25.4 Å². The summed E-state index contributed by atoms with van der Waals surface area (Å²) in [6.45, 7) is 8.53. The van der Waals surface area contributed by atoms with Crippen LogP contribution in [0, 0.1) is 11.8 Å². The first-order valence-corrected chi connectivity index (χ1v) is 6.69. The molecule has 3 heteroatoms. The Kier molecular flexibility index (Phi) is 3.53. The Bertz CT molecular complexity index is 267. The largest absolute Gasteiger partial charge is 0.338 e. The summed E-state index contributed by atoms with van der Waals surface area (Å²) < 4.78 is 0. The lowest BCUT2D eigenvalue weighted by atomic mass is 9.97. The maximum atomic E-state index is 12.2. The summed E-state index contributed by atoms with van der Waals surface area (Å²) in [6.07, 6.45) is 3.47. The zero-order valence-electron chi connectivity index (χ0n) is 10.7. The molecule has 1 saturated heterocycles. The summed E-state index contributed by atoms with van der Waals surface area (Å²) in [6, 6.07) is 0.597. The smallest absolute Gasteiger partial charge is 0.240 e. The van der Waals surface area contributed by atoms with Crippen molar-refractivity contribution < 1.29 is 4.79 Å². The number of nitrogens with one attached hydrogen (secondary N) is 1. The lowest BCUT2D eigenvalue weighted by Crippen LogP contribution is -2.44. The number of nitrogens with zero attached hydrogens (tertiary/aromatic N) is 1. The van der Waals surface area contributed by atoms with Gasteiger partial charge in [0.1, 0.15) is 0 Å². The van der Waals surface area contributed by atoms with Gasteiger partial charge in [0.25, 0.3) is 0 Å². The summed E-state index contributed by atoms with van der Waals surface area (Å²) in [5, 5.41) is 3.28. The number of carbonyl (C=O) groups is 1. The maximum Gasteiger partial charge on any atom is 0.240 e. The molecular weight excluding hydrogens is 200 g/mol.